The first-order valence-electron chi connectivity index (χ1n) is 3.96. The fourth-order valence-electron chi connectivity index (χ4n) is 0.983. The normalized spacial score (nSPS) is 12.9. The summed E-state index contributed by atoms with van der Waals surface area (Å²) in [6.45, 7) is 0.875. The molecule has 0 radical (unpaired) electrons. The van der Waals surface area contributed by atoms with Gasteiger partial charge in [-0.15, -0.1) is 11.3 Å². The van der Waals surface area contributed by atoms with E-state index in [2.05, 4.69) is 15.9 Å². The predicted octanol–water partition coefficient (Wildman–Crippen LogP) is 1.27. The molecule has 1 heterocycles. The molecule has 74 valence electrons. The van der Waals surface area contributed by atoms with Gasteiger partial charge in [-0.25, -0.2) is 0 Å². The maximum atomic E-state index is 9.32. The number of aliphatic hydroxyl groups excluding tert-OH is 1. The van der Waals surface area contributed by atoms with E-state index in [0.29, 0.717) is 13.1 Å². The molecule has 1 atom stereocenters. The second kappa shape index (κ2) is 4.95. The van der Waals surface area contributed by atoms with Crippen molar-refractivity contribution in [2.45, 2.75) is 6.10 Å². The molecule has 0 aromatic carbocycles. The molecule has 0 aliphatic carbocycles. The smallest absolute Gasteiger partial charge is 0.0918 e. The van der Waals surface area contributed by atoms with Crippen molar-refractivity contribution in [3.05, 3.63) is 15.9 Å². The van der Waals surface area contributed by atoms with Crippen LogP contribution in [-0.2, 0) is 0 Å². The first kappa shape index (κ1) is 11.0. The topological polar surface area (TPSA) is 49.5 Å². The predicted molar refractivity (Wildman–Crippen MR) is 60.4 cm³/mol. The molecule has 0 fully saturated rings. The van der Waals surface area contributed by atoms with Crippen molar-refractivity contribution >= 4 is 32.3 Å². The molecular weight excluding hydrogens is 252 g/mol. The largest absolute Gasteiger partial charge is 0.390 e. The summed E-state index contributed by atoms with van der Waals surface area (Å²) in [5.41, 5.74) is 5.32. The zero-order chi connectivity index (χ0) is 9.84. The molecule has 1 aromatic heterocycles. The Labute approximate surface area is 90.3 Å². The van der Waals surface area contributed by atoms with Crippen molar-refractivity contribution in [2.24, 2.45) is 5.73 Å². The van der Waals surface area contributed by atoms with Crippen LogP contribution in [0.1, 0.15) is 0 Å². The number of hydrogen-bond acceptors (Lipinski definition) is 4. The third-order valence-electron chi connectivity index (χ3n) is 1.69. The summed E-state index contributed by atoms with van der Waals surface area (Å²) in [7, 11) is 1.94. The van der Waals surface area contributed by atoms with Crippen LogP contribution >= 0.6 is 27.3 Å². The highest BCUT2D eigenvalue weighted by Gasteiger charge is 2.08. The van der Waals surface area contributed by atoms with E-state index >= 15 is 0 Å². The van der Waals surface area contributed by atoms with Gasteiger partial charge in [-0.05, 0) is 22.0 Å². The van der Waals surface area contributed by atoms with Crippen LogP contribution < -0.4 is 10.6 Å². The summed E-state index contributed by atoms with van der Waals surface area (Å²) in [5, 5.41) is 12.5. The first-order chi connectivity index (χ1) is 6.13. The van der Waals surface area contributed by atoms with Crippen LogP contribution in [0.15, 0.2) is 15.9 Å². The van der Waals surface area contributed by atoms with Crippen molar-refractivity contribution in [2.75, 3.05) is 25.0 Å². The van der Waals surface area contributed by atoms with Gasteiger partial charge in [0.15, 0.2) is 0 Å². The standard InChI is InChI=1S/C8H13BrN2OS/c1-11(4-7(12)3-10)8-2-6(9)5-13-8/h2,5,7,12H,3-4,10H2,1H3. The average Bonchev–Trinajstić information content (AvgIpc) is 2.51. The van der Waals surface area contributed by atoms with Crippen LogP contribution in [0.2, 0.25) is 0 Å². The lowest BCUT2D eigenvalue weighted by Crippen LogP contribution is -2.33. The van der Waals surface area contributed by atoms with Gasteiger partial charge in [0.25, 0.3) is 0 Å². The molecule has 0 amide bonds. The third kappa shape index (κ3) is 3.27. The van der Waals surface area contributed by atoms with Crippen LogP contribution in [0.5, 0.6) is 0 Å². The number of rotatable bonds is 4. The van der Waals surface area contributed by atoms with Crippen molar-refractivity contribution in [3.63, 3.8) is 0 Å². The van der Waals surface area contributed by atoms with Crippen molar-refractivity contribution in [1.82, 2.24) is 0 Å². The Balaban J connectivity index is 2.53. The van der Waals surface area contributed by atoms with Gasteiger partial charge in [0.1, 0.15) is 0 Å². The molecule has 3 N–H and O–H groups in total. The Kier molecular flexibility index (Phi) is 4.18. The molecule has 0 saturated heterocycles. The molecule has 1 unspecified atom stereocenters. The molecule has 1 aromatic rings. The van der Waals surface area contributed by atoms with Gasteiger partial charge in [0, 0.05) is 30.0 Å². The lowest BCUT2D eigenvalue weighted by molar-refractivity contribution is 0.190. The lowest BCUT2D eigenvalue weighted by Gasteiger charge is -2.19. The summed E-state index contributed by atoms with van der Waals surface area (Å²) in [5.74, 6) is 0. The second-order valence-electron chi connectivity index (χ2n) is 2.87. The zero-order valence-electron chi connectivity index (χ0n) is 7.40. The quantitative estimate of drug-likeness (QED) is 0.861. The summed E-state index contributed by atoms with van der Waals surface area (Å²) in [4.78, 5) is 1.99. The molecule has 13 heavy (non-hydrogen) atoms. The van der Waals surface area contributed by atoms with E-state index in [4.69, 9.17) is 5.73 Å². The van der Waals surface area contributed by atoms with E-state index in [1.54, 1.807) is 11.3 Å². The number of thiophene rings is 1. The van der Waals surface area contributed by atoms with Gasteiger partial charge >= 0.3 is 0 Å². The van der Waals surface area contributed by atoms with Crippen LogP contribution in [0.4, 0.5) is 5.00 Å². The molecule has 0 aliphatic rings. The van der Waals surface area contributed by atoms with Crippen LogP contribution in [0, 0.1) is 0 Å². The van der Waals surface area contributed by atoms with Crippen molar-refractivity contribution in [1.29, 1.82) is 0 Å². The fourth-order valence-corrected chi connectivity index (χ4v) is 2.38. The van der Waals surface area contributed by atoms with Gasteiger partial charge < -0.3 is 15.7 Å². The van der Waals surface area contributed by atoms with Gasteiger partial charge in [-0.1, -0.05) is 0 Å². The summed E-state index contributed by atoms with van der Waals surface area (Å²) in [6, 6.07) is 2.02. The van der Waals surface area contributed by atoms with Gasteiger partial charge in [-0.3, -0.25) is 0 Å². The minimum atomic E-state index is -0.453. The molecular formula is C8H13BrN2OS. The molecule has 0 bridgehead atoms. The van der Waals surface area contributed by atoms with E-state index in [9.17, 15) is 5.11 Å². The Bertz CT molecular complexity index is 266. The maximum Gasteiger partial charge on any atom is 0.0918 e. The highest BCUT2D eigenvalue weighted by atomic mass is 79.9. The van der Waals surface area contributed by atoms with Crippen LogP contribution in [-0.4, -0.2) is 31.3 Å². The maximum absolute atomic E-state index is 9.32. The monoisotopic (exact) mass is 264 g/mol. The van der Waals surface area contributed by atoms with Crippen molar-refractivity contribution in [3.8, 4) is 0 Å². The van der Waals surface area contributed by atoms with Crippen molar-refractivity contribution < 1.29 is 5.11 Å². The Morgan fingerprint density at radius 2 is 2.46 bits per heavy atom. The Hall–Kier alpha value is -0.100. The number of halogens is 1. The minimum Gasteiger partial charge on any atom is -0.390 e. The minimum absolute atomic E-state index is 0.302. The number of nitrogens with zero attached hydrogens (tertiary/aromatic N) is 1. The zero-order valence-corrected chi connectivity index (χ0v) is 9.81. The molecule has 5 heteroatoms. The SMILES string of the molecule is CN(CC(O)CN)c1cc(Br)cs1. The molecule has 3 nitrogen and oxygen atoms in total. The second-order valence-corrected chi connectivity index (χ2v) is 4.68. The highest BCUT2D eigenvalue weighted by Crippen LogP contribution is 2.27. The third-order valence-corrected chi connectivity index (χ3v) is 3.49. The number of aliphatic hydroxyl groups is 1. The summed E-state index contributed by atoms with van der Waals surface area (Å²) >= 11 is 5.02. The van der Waals surface area contributed by atoms with Crippen LogP contribution in [0.25, 0.3) is 0 Å². The van der Waals surface area contributed by atoms with E-state index in [1.165, 1.54) is 0 Å². The first-order valence-corrected chi connectivity index (χ1v) is 5.64. The molecule has 1 rings (SSSR count). The average molecular weight is 265 g/mol. The highest BCUT2D eigenvalue weighted by molar-refractivity contribution is 9.10. The Morgan fingerprint density at radius 1 is 1.77 bits per heavy atom. The number of nitrogens with two attached hydrogens (primary N) is 1. The van der Waals surface area contributed by atoms with E-state index in [1.807, 2.05) is 23.4 Å². The van der Waals surface area contributed by atoms with Crippen LogP contribution in [0.3, 0.4) is 0 Å². The molecule has 0 aliphatic heterocycles. The number of hydrogen-bond donors (Lipinski definition) is 2. The van der Waals surface area contributed by atoms with E-state index in [0.717, 1.165) is 9.47 Å². The van der Waals surface area contributed by atoms with E-state index < -0.39 is 6.10 Å². The van der Waals surface area contributed by atoms with Gasteiger partial charge in [-0.2, -0.15) is 0 Å². The summed E-state index contributed by atoms with van der Waals surface area (Å²) < 4.78 is 1.07. The molecule has 0 saturated carbocycles. The Morgan fingerprint density at radius 3 is 2.92 bits per heavy atom. The number of likely N-dealkylation sites (N-methyl/N-ethyl adjacent to an activating group) is 1. The summed E-state index contributed by atoms with van der Waals surface area (Å²) in [6.07, 6.45) is -0.453. The fraction of sp³-hybridized carbons (Fsp3) is 0.500. The van der Waals surface area contributed by atoms with Gasteiger partial charge in [0.05, 0.1) is 11.1 Å². The number of anilines is 1. The lowest BCUT2D eigenvalue weighted by atomic mass is 10.3. The van der Waals surface area contributed by atoms with E-state index in [-0.39, 0.29) is 0 Å². The van der Waals surface area contributed by atoms with Gasteiger partial charge in [0.2, 0.25) is 0 Å². The molecule has 0 spiro atoms.